The van der Waals surface area contributed by atoms with Crippen LogP contribution in [0.5, 0.6) is 0 Å². The van der Waals surface area contributed by atoms with Crippen LogP contribution in [-0.2, 0) is 0 Å². The average Bonchev–Trinajstić information content (AvgIpc) is 2.68. The number of nitrogens with zero attached hydrogens (tertiary/aromatic N) is 3. The average molecular weight is 331 g/mol. The second kappa shape index (κ2) is 8.04. The number of unbranched alkanes of at least 4 members (excludes halogenated alkanes) is 1. The third-order valence-corrected chi connectivity index (χ3v) is 5.47. The second-order valence-corrected chi connectivity index (χ2v) is 6.95. The fourth-order valence-corrected chi connectivity index (χ4v) is 4.25. The van der Waals surface area contributed by atoms with Gasteiger partial charge in [-0.2, -0.15) is 10.5 Å². The second-order valence-electron chi connectivity index (χ2n) is 6.95. The summed E-state index contributed by atoms with van der Waals surface area (Å²) in [6.07, 6.45) is 9.09. The lowest BCUT2D eigenvalue weighted by molar-refractivity contribution is 0.172. The van der Waals surface area contributed by atoms with Crippen LogP contribution in [0.25, 0.3) is 5.70 Å². The van der Waals surface area contributed by atoms with Gasteiger partial charge in [0.1, 0.15) is 17.7 Å². The molecule has 3 nitrogen and oxygen atoms in total. The molecule has 1 saturated carbocycles. The molecule has 2 atom stereocenters. The Morgan fingerprint density at radius 3 is 2.52 bits per heavy atom. The lowest BCUT2D eigenvalue weighted by atomic mass is 9.74. The van der Waals surface area contributed by atoms with Crippen molar-refractivity contribution >= 4 is 5.70 Å². The third kappa shape index (κ3) is 3.47. The summed E-state index contributed by atoms with van der Waals surface area (Å²) in [5.74, 6) is 0.312. The minimum Gasteiger partial charge on any atom is -0.367 e. The van der Waals surface area contributed by atoms with E-state index in [9.17, 15) is 10.5 Å². The van der Waals surface area contributed by atoms with Crippen molar-refractivity contribution in [2.24, 2.45) is 5.92 Å². The molecule has 3 heteroatoms. The first-order chi connectivity index (χ1) is 12.3. The first kappa shape index (κ1) is 17.3. The summed E-state index contributed by atoms with van der Waals surface area (Å²) >= 11 is 0. The van der Waals surface area contributed by atoms with E-state index >= 15 is 0 Å². The molecule has 0 N–H and O–H groups in total. The minimum atomic E-state index is 0.292. The molecule has 1 heterocycles. The molecule has 0 bridgehead atoms. The van der Waals surface area contributed by atoms with E-state index in [2.05, 4.69) is 54.3 Å². The number of allylic oxidation sites excluding steroid dienone is 2. The monoisotopic (exact) mass is 331 g/mol. The topological polar surface area (TPSA) is 50.8 Å². The van der Waals surface area contributed by atoms with E-state index in [1.54, 1.807) is 0 Å². The predicted molar refractivity (Wildman–Crippen MR) is 100 cm³/mol. The Labute approximate surface area is 150 Å². The summed E-state index contributed by atoms with van der Waals surface area (Å²) in [6, 6.07) is 15.1. The van der Waals surface area contributed by atoms with Crippen LogP contribution in [-0.4, -0.2) is 17.5 Å². The van der Waals surface area contributed by atoms with Gasteiger partial charge in [0.25, 0.3) is 0 Å². The SMILES string of the molecule is CCCCN1C(c2ccccc2)=CC(=C(C#N)C#N)[C@@H]2CCCC[C@@H]21. The zero-order chi connectivity index (χ0) is 17.6. The summed E-state index contributed by atoms with van der Waals surface area (Å²) in [5, 5.41) is 18.9. The summed E-state index contributed by atoms with van der Waals surface area (Å²) < 4.78 is 0. The third-order valence-electron chi connectivity index (χ3n) is 5.47. The fourth-order valence-electron chi connectivity index (χ4n) is 4.25. The summed E-state index contributed by atoms with van der Waals surface area (Å²) in [7, 11) is 0. The number of rotatable bonds is 4. The maximum Gasteiger partial charge on any atom is 0.133 e. The molecule has 0 unspecified atom stereocenters. The Hall–Kier alpha value is -2.52. The largest absolute Gasteiger partial charge is 0.367 e. The van der Waals surface area contributed by atoms with Crippen LogP contribution < -0.4 is 0 Å². The molecular weight excluding hydrogens is 306 g/mol. The van der Waals surface area contributed by atoms with Crippen molar-refractivity contribution in [1.82, 2.24) is 4.90 Å². The highest BCUT2D eigenvalue weighted by Crippen LogP contribution is 2.43. The van der Waals surface area contributed by atoms with Crippen molar-refractivity contribution < 1.29 is 0 Å². The van der Waals surface area contributed by atoms with Crippen LogP contribution in [0.4, 0.5) is 0 Å². The molecule has 2 aliphatic rings. The Morgan fingerprint density at radius 2 is 1.84 bits per heavy atom. The van der Waals surface area contributed by atoms with Gasteiger partial charge in [-0.15, -0.1) is 0 Å². The Bertz CT molecular complexity index is 730. The molecule has 128 valence electrons. The molecule has 0 aromatic heterocycles. The van der Waals surface area contributed by atoms with Crippen molar-refractivity contribution in [2.75, 3.05) is 6.54 Å². The maximum absolute atomic E-state index is 9.46. The van der Waals surface area contributed by atoms with Crippen LogP contribution in [0.15, 0.2) is 47.6 Å². The molecule has 0 radical (unpaired) electrons. The van der Waals surface area contributed by atoms with Gasteiger partial charge in [0, 0.05) is 24.2 Å². The molecule has 1 aliphatic heterocycles. The van der Waals surface area contributed by atoms with Gasteiger partial charge >= 0.3 is 0 Å². The molecule has 1 aromatic rings. The summed E-state index contributed by atoms with van der Waals surface area (Å²) in [6.45, 7) is 3.27. The van der Waals surface area contributed by atoms with Crippen LogP contribution in [0.1, 0.15) is 51.0 Å². The van der Waals surface area contributed by atoms with Crippen molar-refractivity contribution in [3.63, 3.8) is 0 Å². The highest BCUT2D eigenvalue weighted by molar-refractivity contribution is 5.70. The Kier molecular flexibility index (Phi) is 5.56. The highest BCUT2D eigenvalue weighted by Gasteiger charge is 2.38. The molecule has 0 amide bonds. The Balaban J connectivity index is 2.14. The molecule has 25 heavy (non-hydrogen) atoms. The van der Waals surface area contributed by atoms with E-state index in [0.717, 1.165) is 31.4 Å². The normalized spacial score (nSPS) is 22.4. The van der Waals surface area contributed by atoms with Crippen molar-refractivity contribution in [3.8, 4) is 12.1 Å². The first-order valence-electron chi connectivity index (χ1n) is 9.38. The lowest BCUT2D eigenvalue weighted by Crippen LogP contribution is -2.45. The van der Waals surface area contributed by atoms with Gasteiger partial charge in [-0.1, -0.05) is 56.5 Å². The molecule has 3 rings (SSSR count). The molecule has 0 saturated heterocycles. The smallest absolute Gasteiger partial charge is 0.133 e. The van der Waals surface area contributed by atoms with E-state index in [-0.39, 0.29) is 0 Å². The lowest BCUT2D eigenvalue weighted by Gasteiger charge is -2.46. The maximum atomic E-state index is 9.46. The first-order valence-corrected chi connectivity index (χ1v) is 9.38. The van der Waals surface area contributed by atoms with Crippen molar-refractivity contribution in [3.05, 3.63) is 53.1 Å². The van der Waals surface area contributed by atoms with E-state index in [0.29, 0.717) is 17.5 Å². The number of nitriles is 2. The number of fused-ring (bicyclic) bond motifs is 1. The van der Waals surface area contributed by atoms with E-state index in [1.165, 1.54) is 30.5 Å². The zero-order valence-corrected chi connectivity index (χ0v) is 14.9. The van der Waals surface area contributed by atoms with Crippen molar-refractivity contribution in [2.45, 2.75) is 51.5 Å². The standard InChI is InChI=1S/C22H25N3/c1-2-3-13-25-21-12-8-7-11-19(21)20(18(15-23)16-24)14-22(25)17-9-5-4-6-10-17/h4-6,9-10,14,19,21H,2-3,7-8,11-13H2,1H3/t19-,21-/m0/s1. The molecule has 1 aliphatic carbocycles. The van der Waals surface area contributed by atoms with Crippen LogP contribution in [0.2, 0.25) is 0 Å². The van der Waals surface area contributed by atoms with Gasteiger partial charge in [0.2, 0.25) is 0 Å². The van der Waals surface area contributed by atoms with Gasteiger partial charge in [-0.05, 0) is 36.5 Å². The summed E-state index contributed by atoms with van der Waals surface area (Å²) in [4.78, 5) is 2.55. The van der Waals surface area contributed by atoms with Gasteiger partial charge in [0.15, 0.2) is 0 Å². The van der Waals surface area contributed by atoms with Gasteiger partial charge in [-0.3, -0.25) is 0 Å². The number of hydrogen-bond acceptors (Lipinski definition) is 3. The van der Waals surface area contributed by atoms with E-state index < -0.39 is 0 Å². The fraction of sp³-hybridized carbons (Fsp3) is 0.455. The molecular formula is C22H25N3. The van der Waals surface area contributed by atoms with Gasteiger partial charge in [-0.25, -0.2) is 0 Å². The Morgan fingerprint density at radius 1 is 1.12 bits per heavy atom. The van der Waals surface area contributed by atoms with E-state index in [1.807, 2.05) is 6.07 Å². The molecule has 1 aromatic carbocycles. The van der Waals surface area contributed by atoms with Gasteiger partial charge in [0.05, 0.1) is 0 Å². The van der Waals surface area contributed by atoms with Crippen LogP contribution in [0.3, 0.4) is 0 Å². The number of hydrogen-bond donors (Lipinski definition) is 0. The number of benzene rings is 1. The quantitative estimate of drug-likeness (QED) is 0.726. The predicted octanol–water partition coefficient (Wildman–Crippen LogP) is 5.05. The van der Waals surface area contributed by atoms with Crippen LogP contribution in [0, 0.1) is 28.6 Å². The van der Waals surface area contributed by atoms with Crippen molar-refractivity contribution in [1.29, 1.82) is 10.5 Å². The zero-order valence-electron chi connectivity index (χ0n) is 14.9. The van der Waals surface area contributed by atoms with Gasteiger partial charge < -0.3 is 4.90 Å². The highest BCUT2D eigenvalue weighted by atomic mass is 15.2. The van der Waals surface area contributed by atoms with Crippen LogP contribution >= 0.6 is 0 Å². The van der Waals surface area contributed by atoms with E-state index in [4.69, 9.17) is 0 Å². The molecule has 0 spiro atoms. The molecule has 1 fully saturated rings. The summed E-state index contributed by atoms with van der Waals surface area (Å²) in [5.41, 5.74) is 3.60. The minimum absolute atomic E-state index is 0.292.